The average molecular weight is 1210 g/mol. The van der Waals surface area contributed by atoms with Gasteiger partial charge in [0.15, 0.2) is 0 Å². The van der Waals surface area contributed by atoms with Crippen molar-refractivity contribution in [2.75, 3.05) is 13.2 Å². The lowest BCUT2D eigenvalue weighted by molar-refractivity contribution is -0.143. The summed E-state index contributed by atoms with van der Waals surface area (Å²) in [5.41, 5.74) is 0. The number of hydrogen-bond acceptors (Lipinski definition) is 5. The van der Waals surface area contributed by atoms with Gasteiger partial charge < -0.3 is 20.3 Å². The Morgan fingerprint density at radius 2 is 0.547 bits per heavy atom. The molecule has 0 aliphatic heterocycles. The Hall–Kier alpha value is -1.66. The van der Waals surface area contributed by atoms with Crippen LogP contribution in [-0.2, 0) is 14.3 Å². The molecule has 1 amide bonds. The molecule has 0 aliphatic rings. The third kappa shape index (κ3) is 71.4. The molecule has 510 valence electrons. The van der Waals surface area contributed by atoms with Crippen molar-refractivity contribution in [1.82, 2.24) is 5.32 Å². The molecule has 0 saturated heterocycles. The number of nitrogens with one attached hydrogen (secondary N) is 1. The minimum Gasteiger partial charge on any atom is -0.466 e. The van der Waals surface area contributed by atoms with E-state index in [-0.39, 0.29) is 18.5 Å². The number of amides is 1. The van der Waals surface area contributed by atoms with E-state index >= 15 is 0 Å². The van der Waals surface area contributed by atoms with E-state index in [0.29, 0.717) is 19.4 Å². The number of hydrogen-bond donors (Lipinski definition) is 3. The second kappa shape index (κ2) is 75.8. The predicted molar refractivity (Wildman–Crippen MR) is 380 cm³/mol. The molecule has 0 rings (SSSR count). The van der Waals surface area contributed by atoms with Gasteiger partial charge in [-0.05, 0) is 57.8 Å². The summed E-state index contributed by atoms with van der Waals surface area (Å²) >= 11 is 0. The van der Waals surface area contributed by atoms with Gasteiger partial charge in [-0.2, -0.15) is 0 Å². The number of esters is 1. The number of ether oxygens (including phenoxy) is 1. The van der Waals surface area contributed by atoms with Crippen molar-refractivity contribution >= 4 is 11.9 Å². The molecule has 0 aromatic heterocycles. The molecule has 0 heterocycles. The highest BCUT2D eigenvalue weighted by atomic mass is 16.5. The lowest BCUT2D eigenvalue weighted by atomic mass is 10.0. The smallest absolute Gasteiger partial charge is 0.305 e. The minimum atomic E-state index is -0.841. The Balaban J connectivity index is 3.33. The minimum absolute atomic E-state index is 0.0139. The molecular weight excluding hydrogens is 1050 g/mol. The van der Waals surface area contributed by atoms with Gasteiger partial charge in [0.05, 0.1) is 25.4 Å². The van der Waals surface area contributed by atoms with Crippen LogP contribution in [0, 0.1) is 0 Å². The summed E-state index contributed by atoms with van der Waals surface area (Å²) in [7, 11) is 0. The van der Waals surface area contributed by atoms with E-state index in [4.69, 9.17) is 4.74 Å². The fourth-order valence-electron chi connectivity index (χ4n) is 12.7. The van der Waals surface area contributed by atoms with Crippen LogP contribution in [-0.4, -0.2) is 47.4 Å². The van der Waals surface area contributed by atoms with Gasteiger partial charge >= 0.3 is 5.97 Å². The van der Waals surface area contributed by atoms with E-state index in [9.17, 15) is 19.8 Å². The van der Waals surface area contributed by atoms with Gasteiger partial charge in [-0.1, -0.05) is 404 Å². The molecule has 2 atom stereocenters. The van der Waals surface area contributed by atoms with Crippen LogP contribution in [0.2, 0.25) is 0 Å². The van der Waals surface area contributed by atoms with Crippen LogP contribution in [0.5, 0.6) is 0 Å². The SMILES string of the molecule is CCCCCC/C=C\CCCCCCCC(=O)OCCCCCCCCCCCCCCCCCCCCCCCCCCCCCCCCCCCCCC(=O)NC(CO)C(O)/C=C/CCCCCCCCCCCCCCCCCCCCC. The van der Waals surface area contributed by atoms with E-state index in [2.05, 4.69) is 31.3 Å². The number of allylic oxidation sites excluding steroid dienone is 3. The summed E-state index contributed by atoms with van der Waals surface area (Å²) in [5.74, 6) is -0.0439. The maximum absolute atomic E-state index is 12.5. The number of rotatable bonds is 75. The molecular formula is C80H155NO5. The standard InChI is InChI=1S/C80H155NO5/c1-3-5-7-9-11-13-15-17-18-19-20-36-39-42-45-49-52-56-60-64-68-72-78(83)77(76-82)81-79(84)73-69-65-61-57-53-50-46-43-40-37-34-32-30-28-26-24-22-21-23-25-27-29-31-33-35-38-41-44-47-51-55-59-63-67-71-75-86-80(85)74-70-66-62-58-54-48-16-14-12-10-8-6-4-2/h14,16,68,72,77-78,82-83H,3-13,15,17-67,69-71,73-76H2,1-2H3,(H,81,84)/b16-14-,72-68+. The van der Waals surface area contributed by atoms with Crippen LogP contribution < -0.4 is 5.32 Å². The van der Waals surface area contributed by atoms with Gasteiger partial charge in [-0.3, -0.25) is 9.59 Å². The lowest BCUT2D eigenvalue weighted by Gasteiger charge is -2.20. The third-order valence-electron chi connectivity index (χ3n) is 18.7. The first-order valence-electron chi connectivity index (χ1n) is 39.6. The van der Waals surface area contributed by atoms with Crippen molar-refractivity contribution < 1.29 is 24.5 Å². The zero-order valence-corrected chi connectivity index (χ0v) is 58.6. The molecule has 0 saturated carbocycles. The third-order valence-corrected chi connectivity index (χ3v) is 18.7. The maximum Gasteiger partial charge on any atom is 0.305 e. The Morgan fingerprint density at radius 3 is 0.837 bits per heavy atom. The number of unbranched alkanes of at least 4 members (excludes halogenated alkanes) is 62. The van der Waals surface area contributed by atoms with Crippen molar-refractivity contribution in [1.29, 1.82) is 0 Å². The van der Waals surface area contributed by atoms with Crippen LogP contribution in [0.1, 0.15) is 450 Å². The second-order valence-electron chi connectivity index (χ2n) is 27.4. The van der Waals surface area contributed by atoms with Crippen LogP contribution in [0.3, 0.4) is 0 Å². The van der Waals surface area contributed by atoms with E-state index in [1.54, 1.807) is 6.08 Å². The highest BCUT2D eigenvalue weighted by Crippen LogP contribution is 2.20. The van der Waals surface area contributed by atoms with Crippen molar-refractivity contribution in [3.8, 4) is 0 Å². The molecule has 0 bridgehead atoms. The van der Waals surface area contributed by atoms with Gasteiger partial charge in [0.2, 0.25) is 5.91 Å². The highest BCUT2D eigenvalue weighted by Gasteiger charge is 2.18. The Labute approximate surface area is 539 Å². The normalized spacial score (nSPS) is 12.6. The maximum atomic E-state index is 12.5. The van der Waals surface area contributed by atoms with E-state index in [0.717, 1.165) is 44.9 Å². The van der Waals surface area contributed by atoms with Crippen molar-refractivity contribution in [3.05, 3.63) is 24.3 Å². The predicted octanol–water partition coefficient (Wildman–Crippen LogP) is 26.0. The van der Waals surface area contributed by atoms with Crippen molar-refractivity contribution in [3.63, 3.8) is 0 Å². The highest BCUT2D eigenvalue weighted by molar-refractivity contribution is 5.76. The topological polar surface area (TPSA) is 95.9 Å². The molecule has 0 aromatic carbocycles. The fraction of sp³-hybridized carbons (Fsp3) is 0.925. The zero-order chi connectivity index (χ0) is 62.0. The summed E-state index contributed by atoms with van der Waals surface area (Å²) in [6.07, 6.45) is 97.4. The van der Waals surface area contributed by atoms with E-state index < -0.39 is 12.1 Å². The van der Waals surface area contributed by atoms with E-state index in [1.165, 1.54) is 379 Å². The number of aliphatic hydroxyl groups excluding tert-OH is 2. The summed E-state index contributed by atoms with van der Waals surface area (Å²) in [4.78, 5) is 24.6. The van der Waals surface area contributed by atoms with Crippen LogP contribution >= 0.6 is 0 Å². The van der Waals surface area contributed by atoms with Crippen molar-refractivity contribution in [2.45, 2.75) is 463 Å². The summed E-state index contributed by atoms with van der Waals surface area (Å²) in [6, 6.07) is -0.624. The fourth-order valence-corrected chi connectivity index (χ4v) is 12.7. The molecule has 0 radical (unpaired) electrons. The van der Waals surface area contributed by atoms with Gasteiger partial charge in [0, 0.05) is 12.8 Å². The van der Waals surface area contributed by atoms with Crippen LogP contribution in [0.15, 0.2) is 24.3 Å². The monoisotopic (exact) mass is 1210 g/mol. The van der Waals surface area contributed by atoms with Gasteiger partial charge in [-0.15, -0.1) is 0 Å². The molecule has 86 heavy (non-hydrogen) atoms. The van der Waals surface area contributed by atoms with Crippen molar-refractivity contribution in [2.24, 2.45) is 0 Å². The number of aliphatic hydroxyl groups is 2. The molecule has 0 fully saturated rings. The average Bonchev–Trinajstić information content (AvgIpc) is 3.55. The number of carbonyl (C=O) groups excluding carboxylic acids is 2. The molecule has 3 N–H and O–H groups in total. The van der Waals surface area contributed by atoms with E-state index in [1.807, 2.05) is 6.08 Å². The largest absolute Gasteiger partial charge is 0.466 e. The summed E-state index contributed by atoms with van der Waals surface area (Å²) in [6.45, 7) is 4.94. The number of carbonyl (C=O) groups is 2. The first kappa shape index (κ1) is 84.3. The molecule has 6 heteroatoms. The Bertz CT molecular complexity index is 1350. The molecule has 6 nitrogen and oxygen atoms in total. The lowest BCUT2D eigenvalue weighted by Crippen LogP contribution is -2.45. The van der Waals surface area contributed by atoms with Gasteiger partial charge in [0.25, 0.3) is 0 Å². The summed E-state index contributed by atoms with van der Waals surface area (Å²) < 4.78 is 5.49. The summed E-state index contributed by atoms with van der Waals surface area (Å²) in [5, 5.41) is 23.3. The molecule has 0 aliphatic carbocycles. The second-order valence-corrected chi connectivity index (χ2v) is 27.4. The van der Waals surface area contributed by atoms with Gasteiger partial charge in [-0.25, -0.2) is 0 Å². The van der Waals surface area contributed by atoms with Crippen LogP contribution in [0.4, 0.5) is 0 Å². The first-order valence-corrected chi connectivity index (χ1v) is 39.6. The zero-order valence-electron chi connectivity index (χ0n) is 58.6. The molecule has 2 unspecified atom stereocenters. The van der Waals surface area contributed by atoms with Crippen LogP contribution in [0.25, 0.3) is 0 Å². The quantitative estimate of drug-likeness (QED) is 0.0320. The molecule has 0 spiro atoms. The molecule has 0 aromatic rings. The first-order chi connectivity index (χ1) is 42.5. The van der Waals surface area contributed by atoms with Gasteiger partial charge in [0.1, 0.15) is 0 Å². The Morgan fingerprint density at radius 1 is 0.314 bits per heavy atom. The Kier molecular flexibility index (Phi) is 74.3.